The average Bonchev–Trinajstić information content (AvgIpc) is 3.29. The molecule has 0 aliphatic carbocycles. The van der Waals surface area contributed by atoms with Crippen molar-refractivity contribution in [3.05, 3.63) is 105 Å². The van der Waals surface area contributed by atoms with Gasteiger partial charge in [0.15, 0.2) is 0 Å². The van der Waals surface area contributed by atoms with Gasteiger partial charge in [-0.25, -0.2) is 0 Å². The topological polar surface area (TPSA) is 69.2 Å². The molecule has 0 bridgehead atoms. The van der Waals surface area contributed by atoms with Crippen LogP contribution in [0.25, 0.3) is 11.3 Å². The number of hydrogen-bond donors (Lipinski definition) is 2. The van der Waals surface area contributed by atoms with Crippen LogP contribution in [0.4, 0.5) is 0 Å². The molecule has 1 atom stereocenters. The highest BCUT2D eigenvalue weighted by Gasteiger charge is 2.42. The van der Waals surface area contributed by atoms with Crippen LogP contribution in [-0.4, -0.2) is 26.1 Å². The van der Waals surface area contributed by atoms with E-state index in [0.29, 0.717) is 28.5 Å². The highest BCUT2D eigenvalue weighted by Crippen LogP contribution is 2.46. The van der Waals surface area contributed by atoms with E-state index in [-0.39, 0.29) is 17.7 Å². The first-order chi connectivity index (χ1) is 15.4. The normalized spacial score (nSPS) is 15.3. The van der Waals surface area contributed by atoms with Gasteiger partial charge in [-0.1, -0.05) is 60.1 Å². The maximum atomic E-state index is 13.5. The van der Waals surface area contributed by atoms with E-state index in [1.165, 1.54) is 0 Å². The Morgan fingerprint density at radius 2 is 1.78 bits per heavy atom. The fourth-order valence-corrected chi connectivity index (χ4v) is 4.70. The summed E-state index contributed by atoms with van der Waals surface area (Å²) in [4.78, 5) is 15.3. The van der Waals surface area contributed by atoms with Gasteiger partial charge >= 0.3 is 0 Å². The number of carbonyl (C=O) groups excluding carboxylic acids is 1. The molecule has 1 aliphatic heterocycles. The molecule has 0 spiro atoms. The number of phenols is 1. The number of fused-ring (bicyclic) bond motifs is 1. The number of aromatic nitrogens is 2. The van der Waals surface area contributed by atoms with Crippen LogP contribution in [0.1, 0.15) is 44.3 Å². The van der Waals surface area contributed by atoms with E-state index in [9.17, 15) is 9.90 Å². The molecular weight excluding hydrogens is 422 g/mol. The Balaban J connectivity index is 1.69. The van der Waals surface area contributed by atoms with Crippen molar-refractivity contribution in [3.63, 3.8) is 0 Å². The lowest BCUT2D eigenvalue weighted by molar-refractivity contribution is 0.0730. The average molecular weight is 444 g/mol. The summed E-state index contributed by atoms with van der Waals surface area (Å²) in [5, 5.41) is 18.8. The quantitative estimate of drug-likeness (QED) is 0.419. The lowest BCUT2D eigenvalue weighted by Crippen LogP contribution is -2.29. The zero-order valence-electron chi connectivity index (χ0n) is 17.8. The number of H-pyrrole nitrogens is 1. The smallest absolute Gasteiger partial charge is 0.273 e. The number of amides is 1. The molecule has 6 heteroatoms. The molecule has 32 heavy (non-hydrogen) atoms. The molecule has 0 radical (unpaired) electrons. The molecule has 1 aromatic heterocycles. The standard InChI is InChI=1S/C26H22ClN3O2/c1-15-12-16(2)21(20(31)13-15)23-22-24(29-28-23)26(32)30(14-17-6-4-3-5-7-17)25(22)18-8-10-19(27)11-9-18/h3-13,25,31H,14H2,1-2H3,(H,28,29). The summed E-state index contributed by atoms with van der Waals surface area (Å²) in [6, 6.07) is 20.8. The number of halogens is 1. The second-order valence-electron chi connectivity index (χ2n) is 8.21. The van der Waals surface area contributed by atoms with Crippen LogP contribution < -0.4 is 0 Å². The molecule has 2 N–H and O–H groups in total. The predicted octanol–water partition coefficient (Wildman–Crippen LogP) is 5.80. The van der Waals surface area contributed by atoms with E-state index < -0.39 is 0 Å². The minimum atomic E-state index is -0.358. The fraction of sp³-hybridized carbons (Fsp3) is 0.154. The number of aromatic amines is 1. The van der Waals surface area contributed by atoms with Crippen molar-refractivity contribution < 1.29 is 9.90 Å². The van der Waals surface area contributed by atoms with Gasteiger partial charge in [-0.15, -0.1) is 0 Å². The molecule has 5 rings (SSSR count). The molecule has 160 valence electrons. The van der Waals surface area contributed by atoms with Gasteiger partial charge in [0.25, 0.3) is 5.91 Å². The highest BCUT2D eigenvalue weighted by atomic mass is 35.5. The Morgan fingerprint density at radius 3 is 2.47 bits per heavy atom. The minimum absolute atomic E-state index is 0.119. The highest BCUT2D eigenvalue weighted by molar-refractivity contribution is 6.30. The van der Waals surface area contributed by atoms with Crippen LogP contribution in [0.3, 0.4) is 0 Å². The summed E-state index contributed by atoms with van der Waals surface area (Å²) >= 11 is 6.14. The van der Waals surface area contributed by atoms with Gasteiger partial charge in [-0.3, -0.25) is 9.89 Å². The van der Waals surface area contributed by atoms with E-state index in [1.807, 2.05) is 79.4 Å². The molecule has 5 nitrogen and oxygen atoms in total. The maximum absolute atomic E-state index is 13.5. The van der Waals surface area contributed by atoms with Gasteiger partial charge < -0.3 is 10.0 Å². The van der Waals surface area contributed by atoms with Crippen LogP contribution in [0.15, 0.2) is 66.7 Å². The second-order valence-corrected chi connectivity index (χ2v) is 8.65. The molecule has 0 fully saturated rings. The number of rotatable bonds is 4. The summed E-state index contributed by atoms with van der Waals surface area (Å²) < 4.78 is 0. The van der Waals surface area contributed by atoms with Crippen LogP contribution in [0, 0.1) is 13.8 Å². The lowest BCUT2D eigenvalue weighted by atomic mass is 9.93. The zero-order chi connectivity index (χ0) is 22.4. The van der Waals surface area contributed by atoms with Gasteiger partial charge in [0.2, 0.25) is 0 Å². The van der Waals surface area contributed by atoms with E-state index >= 15 is 0 Å². The molecule has 2 heterocycles. The van der Waals surface area contributed by atoms with Gasteiger partial charge in [0, 0.05) is 22.7 Å². The number of benzene rings is 3. The summed E-state index contributed by atoms with van der Waals surface area (Å²) in [5.74, 6) is 0.0347. The maximum Gasteiger partial charge on any atom is 0.273 e. The Morgan fingerprint density at radius 1 is 1.06 bits per heavy atom. The summed E-state index contributed by atoms with van der Waals surface area (Å²) in [7, 11) is 0. The van der Waals surface area contributed by atoms with Crippen LogP contribution in [0.5, 0.6) is 5.75 Å². The Bertz CT molecular complexity index is 1290. The van der Waals surface area contributed by atoms with Gasteiger partial charge in [-0.05, 0) is 54.3 Å². The number of aromatic hydroxyl groups is 1. The Labute approximate surface area is 191 Å². The summed E-state index contributed by atoms with van der Waals surface area (Å²) in [6.07, 6.45) is 0. The van der Waals surface area contributed by atoms with Crippen LogP contribution in [-0.2, 0) is 6.54 Å². The third kappa shape index (κ3) is 3.35. The number of carbonyl (C=O) groups is 1. The second kappa shape index (κ2) is 7.84. The van der Waals surface area contributed by atoms with E-state index in [4.69, 9.17) is 11.6 Å². The van der Waals surface area contributed by atoms with E-state index in [2.05, 4.69) is 10.2 Å². The minimum Gasteiger partial charge on any atom is -0.507 e. The zero-order valence-corrected chi connectivity index (χ0v) is 18.5. The third-order valence-electron chi connectivity index (χ3n) is 5.94. The first kappa shape index (κ1) is 20.3. The van der Waals surface area contributed by atoms with Crippen molar-refractivity contribution in [2.24, 2.45) is 0 Å². The number of nitrogens with zero attached hydrogens (tertiary/aromatic N) is 2. The van der Waals surface area contributed by atoms with Crippen molar-refractivity contribution in [1.82, 2.24) is 15.1 Å². The largest absolute Gasteiger partial charge is 0.507 e. The van der Waals surface area contributed by atoms with Crippen molar-refractivity contribution >= 4 is 17.5 Å². The first-order valence-electron chi connectivity index (χ1n) is 10.4. The molecule has 0 saturated carbocycles. The van der Waals surface area contributed by atoms with Gasteiger partial charge in [-0.2, -0.15) is 5.10 Å². The van der Waals surface area contributed by atoms with Gasteiger partial charge in [0.1, 0.15) is 17.1 Å². The fourth-order valence-electron chi connectivity index (χ4n) is 4.58. The number of aryl methyl sites for hydroxylation is 2. The lowest BCUT2D eigenvalue weighted by Gasteiger charge is -2.27. The van der Waals surface area contributed by atoms with Crippen molar-refractivity contribution in [2.45, 2.75) is 26.4 Å². The Kier molecular flexibility index (Phi) is 4.98. The van der Waals surface area contributed by atoms with Crippen LogP contribution >= 0.6 is 11.6 Å². The van der Waals surface area contributed by atoms with Crippen molar-refractivity contribution in [3.8, 4) is 17.0 Å². The summed E-state index contributed by atoms with van der Waals surface area (Å²) in [5.41, 5.74) is 6.30. The molecule has 0 saturated heterocycles. The Hall–Kier alpha value is -3.57. The monoisotopic (exact) mass is 443 g/mol. The van der Waals surface area contributed by atoms with Crippen molar-refractivity contribution in [1.29, 1.82) is 0 Å². The number of hydrogen-bond acceptors (Lipinski definition) is 3. The summed E-state index contributed by atoms with van der Waals surface area (Å²) in [6.45, 7) is 4.33. The SMILES string of the molecule is Cc1cc(C)c(-c2n[nH]c3c2C(c2ccc(Cl)cc2)N(Cc2ccccc2)C3=O)c(O)c1. The third-order valence-corrected chi connectivity index (χ3v) is 6.19. The molecular formula is C26H22ClN3O2. The molecule has 3 aromatic carbocycles. The molecule has 1 amide bonds. The number of nitrogens with one attached hydrogen (secondary N) is 1. The van der Waals surface area contributed by atoms with Gasteiger partial charge in [0.05, 0.1) is 6.04 Å². The first-order valence-corrected chi connectivity index (χ1v) is 10.8. The number of phenolic OH excluding ortho intramolecular Hbond substituents is 1. The molecule has 1 aliphatic rings. The van der Waals surface area contributed by atoms with E-state index in [0.717, 1.165) is 27.8 Å². The molecule has 1 unspecified atom stereocenters. The van der Waals surface area contributed by atoms with E-state index in [1.54, 1.807) is 6.07 Å². The molecule has 4 aromatic rings. The van der Waals surface area contributed by atoms with Crippen LogP contribution in [0.2, 0.25) is 5.02 Å². The predicted molar refractivity (Wildman–Crippen MR) is 125 cm³/mol. The van der Waals surface area contributed by atoms with Crippen molar-refractivity contribution in [2.75, 3.05) is 0 Å².